The minimum atomic E-state index is -4.91. The fraction of sp³-hybridized carbons (Fsp3) is 0.423. The van der Waals surface area contributed by atoms with E-state index in [2.05, 4.69) is 17.1 Å². The van der Waals surface area contributed by atoms with Crippen LogP contribution in [-0.4, -0.2) is 33.4 Å². The summed E-state index contributed by atoms with van der Waals surface area (Å²) in [5.41, 5.74) is 0.326. The largest absolute Gasteiger partial charge is 0.438 e. The molecule has 0 N–H and O–H groups in total. The predicted molar refractivity (Wildman–Crippen MR) is 125 cm³/mol. The second-order valence-electron chi connectivity index (χ2n) is 9.19. The van der Waals surface area contributed by atoms with Gasteiger partial charge in [0.1, 0.15) is 6.04 Å². The number of rotatable bonds is 4. The summed E-state index contributed by atoms with van der Waals surface area (Å²) in [6.07, 6.45) is -2.36. The lowest BCUT2D eigenvalue weighted by atomic mass is 9.90. The maximum absolute atomic E-state index is 13.6. The highest BCUT2D eigenvalue weighted by Gasteiger charge is 2.39. The highest BCUT2D eigenvalue weighted by atomic mass is 19.4. The Morgan fingerprint density at radius 1 is 1.09 bits per heavy atom. The van der Waals surface area contributed by atoms with Crippen LogP contribution in [0.1, 0.15) is 48.2 Å². The van der Waals surface area contributed by atoms with E-state index in [9.17, 15) is 22.8 Å². The van der Waals surface area contributed by atoms with Crippen molar-refractivity contribution in [2.45, 2.75) is 52.3 Å². The maximum atomic E-state index is 13.6. The Labute approximate surface area is 196 Å². The number of hydrogen-bond acceptors (Lipinski definition) is 3. The highest BCUT2D eigenvalue weighted by molar-refractivity contribution is 5.84. The van der Waals surface area contributed by atoms with E-state index in [-0.39, 0.29) is 16.9 Å². The number of hydrogen-bond donors (Lipinski definition) is 0. The molecule has 0 saturated carbocycles. The van der Waals surface area contributed by atoms with Crippen LogP contribution in [0.4, 0.5) is 13.2 Å². The summed E-state index contributed by atoms with van der Waals surface area (Å²) in [6.45, 7) is 6.11. The van der Waals surface area contributed by atoms with E-state index < -0.39 is 23.5 Å². The summed E-state index contributed by atoms with van der Waals surface area (Å²) in [5.74, 6) is 0.0906. The Balaban J connectivity index is 1.61. The second kappa shape index (κ2) is 9.24. The van der Waals surface area contributed by atoms with Gasteiger partial charge < -0.3 is 4.90 Å². The van der Waals surface area contributed by atoms with E-state index in [1.165, 1.54) is 18.6 Å². The number of carbonyl (C=O) groups excluding carboxylic acids is 1. The summed E-state index contributed by atoms with van der Waals surface area (Å²) in [6, 6.07) is 12.2. The zero-order valence-electron chi connectivity index (χ0n) is 19.5. The minimum absolute atomic E-state index is 0.0521. The topological polar surface area (TPSA) is 55.2 Å². The van der Waals surface area contributed by atoms with Gasteiger partial charge in [-0.15, -0.1) is 0 Å². The lowest BCUT2D eigenvalue weighted by Gasteiger charge is -2.34. The molecule has 0 spiro atoms. The van der Waals surface area contributed by atoms with Crippen LogP contribution in [0.25, 0.3) is 11.0 Å². The van der Waals surface area contributed by atoms with E-state index in [1.807, 2.05) is 25.1 Å². The molecule has 5 nitrogen and oxygen atoms in total. The number of aromatic nitrogens is 2. The lowest BCUT2D eigenvalue weighted by Crippen LogP contribution is -2.44. The third-order valence-electron chi connectivity index (χ3n) is 6.81. The molecule has 1 aliphatic rings. The molecular weight excluding hydrogens is 443 g/mol. The average Bonchev–Trinajstić information content (AvgIpc) is 2.79. The van der Waals surface area contributed by atoms with Crippen molar-refractivity contribution in [1.29, 1.82) is 0 Å². The molecule has 2 heterocycles. The van der Waals surface area contributed by atoms with Gasteiger partial charge >= 0.3 is 6.18 Å². The molecule has 180 valence electrons. The van der Waals surface area contributed by atoms with Crippen molar-refractivity contribution in [2.75, 3.05) is 13.1 Å². The Bertz CT molecular complexity index is 1260. The number of alkyl halides is 3. The van der Waals surface area contributed by atoms with E-state index in [0.29, 0.717) is 19.0 Å². The standard InChI is InChI=1S/C26H28F3N3O2/c1-16-13-21-22(14-17(16)2)32(25(34)23(30-21)26(27,28)29)18(3)24(33)31-11-9-20(10-12-31)15-19-7-5-4-6-8-19/h4-8,13-14,18,20H,9-12,15H2,1-3H3/t18-/m0/s1. The van der Waals surface area contributed by atoms with Crippen molar-refractivity contribution in [1.82, 2.24) is 14.5 Å². The fourth-order valence-corrected chi connectivity index (χ4v) is 4.71. The number of piperidine rings is 1. The molecule has 1 aromatic heterocycles. The maximum Gasteiger partial charge on any atom is 0.438 e. The first kappa shape index (κ1) is 24.0. The van der Waals surface area contributed by atoms with E-state index in [4.69, 9.17) is 0 Å². The normalized spacial score (nSPS) is 16.1. The van der Waals surface area contributed by atoms with Crippen molar-refractivity contribution >= 4 is 16.9 Å². The average molecular weight is 472 g/mol. The van der Waals surface area contributed by atoms with E-state index in [1.54, 1.807) is 17.9 Å². The predicted octanol–water partition coefficient (Wildman–Crippen LogP) is 5.07. The van der Waals surface area contributed by atoms with Crippen molar-refractivity contribution in [3.8, 4) is 0 Å². The SMILES string of the molecule is Cc1cc2nc(C(F)(F)F)c(=O)n([C@@H](C)C(=O)N3CCC(Cc4ccccc4)CC3)c2cc1C. The summed E-state index contributed by atoms with van der Waals surface area (Å²) in [5, 5.41) is 0. The number of halogens is 3. The van der Waals surface area contributed by atoms with Crippen molar-refractivity contribution in [2.24, 2.45) is 5.92 Å². The molecule has 1 atom stereocenters. The third-order valence-corrected chi connectivity index (χ3v) is 6.81. The Hall–Kier alpha value is -3.16. The fourth-order valence-electron chi connectivity index (χ4n) is 4.71. The monoisotopic (exact) mass is 471 g/mol. The lowest BCUT2D eigenvalue weighted by molar-refractivity contribution is -0.143. The van der Waals surface area contributed by atoms with Crippen molar-refractivity contribution in [3.63, 3.8) is 0 Å². The highest BCUT2D eigenvalue weighted by Crippen LogP contribution is 2.29. The molecule has 1 saturated heterocycles. The Morgan fingerprint density at radius 2 is 1.71 bits per heavy atom. The minimum Gasteiger partial charge on any atom is -0.341 e. The molecule has 8 heteroatoms. The number of benzene rings is 2. The van der Waals surface area contributed by atoms with Gasteiger partial charge in [-0.2, -0.15) is 13.2 Å². The number of likely N-dealkylation sites (tertiary alicyclic amines) is 1. The van der Waals surface area contributed by atoms with Gasteiger partial charge in [-0.3, -0.25) is 14.2 Å². The van der Waals surface area contributed by atoms with Gasteiger partial charge in [0.25, 0.3) is 5.56 Å². The number of aryl methyl sites for hydroxylation is 2. The van der Waals surface area contributed by atoms with Gasteiger partial charge in [-0.1, -0.05) is 30.3 Å². The molecule has 1 fully saturated rings. The second-order valence-corrected chi connectivity index (χ2v) is 9.19. The Kier molecular flexibility index (Phi) is 6.51. The quantitative estimate of drug-likeness (QED) is 0.534. The Morgan fingerprint density at radius 3 is 2.32 bits per heavy atom. The zero-order valence-corrected chi connectivity index (χ0v) is 19.5. The smallest absolute Gasteiger partial charge is 0.341 e. The molecule has 34 heavy (non-hydrogen) atoms. The van der Waals surface area contributed by atoms with Gasteiger partial charge in [0, 0.05) is 13.1 Å². The molecule has 0 aliphatic carbocycles. The molecule has 4 rings (SSSR count). The van der Waals surface area contributed by atoms with Gasteiger partial charge in [-0.05, 0) is 74.8 Å². The van der Waals surface area contributed by atoms with Gasteiger partial charge in [0.2, 0.25) is 11.6 Å². The number of fused-ring (bicyclic) bond motifs is 1. The van der Waals surface area contributed by atoms with E-state index in [0.717, 1.165) is 35.0 Å². The summed E-state index contributed by atoms with van der Waals surface area (Å²) < 4.78 is 41.8. The molecule has 1 aliphatic heterocycles. The first-order valence-electron chi connectivity index (χ1n) is 11.5. The number of amides is 1. The van der Waals surface area contributed by atoms with Crippen LogP contribution in [0.15, 0.2) is 47.3 Å². The molecule has 0 bridgehead atoms. The molecule has 0 unspecified atom stereocenters. The molecule has 0 radical (unpaired) electrons. The number of nitrogens with zero attached hydrogens (tertiary/aromatic N) is 3. The molecule has 3 aromatic rings. The first-order valence-corrected chi connectivity index (χ1v) is 11.5. The van der Waals surface area contributed by atoms with Crippen LogP contribution < -0.4 is 5.56 Å². The van der Waals surface area contributed by atoms with Gasteiger partial charge in [0.05, 0.1) is 11.0 Å². The van der Waals surface area contributed by atoms with Crippen molar-refractivity contribution in [3.05, 3.63) is 75.2 Å². The van der Waals surface area contributed by atoms with Crippen molar-refractivity contribution < 1.29 is 18.0 Å². The van der Waals surface area contributed by atoms with Crippen LogP contribution in [0.5, 0.6) is 0 Å². The van der Waals surface area contributed by atoms with E-state index >= 15 is 0 Å². The van der Waals surface area contributed by atoms with Crippen LogP contribution in [0, 0.1) is 19.8 Å². The zero-order chi connectivity index (χ0) is 24.6. The van der Waals surface area contributed by atoms with Crippen LogP contribution in [0.3, 0.4) is 0 Å². The first-order chi connectivity index (χ1) is 16.1. The van der Waals surface area contributed by atoms with Gasteiger partial charge in [0.15, 0.2) is 0 Å². The number of carbonyl (C=O) groups is 1. The van der Waals surface area contributed by atoms with Crippen LogP contribution in [0.2, 0.25) is 0 Å². The summed E-state index contributed by atoms with van der Waals surface area (Å²) in [4.78, 5) is 31.6. The van der Waals surface area contributed by atoms with Crippen LogP contribution >= 0.6 is 0 Å². The summed E-state index contributed by atoms with van der Waals surface area (Å²) in [7, 11) is 0. The third kappa shape index (κ3) is 4.72. The summed E-state index contributed by atoms with van der Waals surface area (Å²) >= 11 is 0. The van der Waals surface area contributed by atoms with Gasteiger partial charge in [-0.25, -0.2) is 4.98 Å². The molecule has 1 amide bonds. The molecular formula is C26H28F3N3O2. The molecule has 2 aromatic carbocycles. The van der Waals surface area contributed by atoms with Crippen LogP contribution in [-0.2, 0) is 17.4 Å².